The summed E-state index contributed by atoms with van der Waals surface area (Å²) in [5.41, 5.74) is 5.59. The van der Waals surface area contributed by atoms with Crippen molar-refractivity contribution < 1.29 is 44.5 Å². The lowest BCUT2D eigenvalue weighted by Gasteiger charge is -2.67. The van der Waals surface area contributed by atoms with Gasteiger partial charge in [0.05, 0.1) is 30.8 Å². The molecule has 2 heterocycles. The molecule has 7 N–H and O–H groups in total. The first-order chi connectivity index (χ1) is 18.4. The van der Waals surface area contributed by atoms with Crippen LogP contribution in [0.2, 0.25) is 0 Å². The minimum Gasteiger partial charge on any atom is -0.481 e. The van der Waals surface area contributed by atoms with Crippen LogP contribution in [0.1, 0.15) is 78.1 Å². The topological polar surface area (TPSA) is 172 Å². The Balaban J connectivity index is 1.17. The summed E-state index contributed by atoms with van der Waals surface area (Å²) in [6.45, 7) is 4.33. The second-order valence-electron chi connectivity index (χ2n) is 14.1. The van der Waals surface area contributed by atoms with Crippen LogP contribution in [0.25, 0.3) is 0 Å². The maximum Gasteiger partial charge on any atom is 0.303 e. The maximum atomic E-state index is 11.6. The van der Waals surface area contributed by atoms with Gasteiger partial charge in [-0.2, -0.15) is 0 Å². The summed E-state index contributed by atoms with van der Waals surface area (Å²) in [7, 11) is 0. The Bertz CT molecular complexity index is 950. The van der Waals surface area contributed by atoms with Crippen molar-refractivity contribution in [2.24, 2.45) is 46.2 Å². The molecule has 10 nitrogen and oxygen atoms in total. The molecule has 2 saturated heterocycles. The Morgan fingerprint density at radius 3 is 2.44 bits per heavy atom. The second-order valence-corrected chi connectivity index (χ2v) is 14.1. The van der Waals surface area contributed by atoms with E-state index < -0.39 is 55.1 Å². The molecule has 4 saturated carbocycles. The zero-order valence-corrected chi connectivity index (χ0v) is 23.2. The molecule has 2 aliphatic heterocycles. The summed E-state index contributed by atoms with van der Waals surface area (Å²) in [4.78, 5) is 11.6. The Morgan fingerprint density at radius 1 is 0.974 bits per heavy atom. The van der Waals surface area contributed by atoms with E-state index in [0.29, 0.717) is 17.8 Å². The molecule has 0 spiro atoms. The number of aliphatic hydroxyl groups is 4. The summed E-state index contributed by atoms with van der Waals surface area (Å²) >= 11 is 0. The summed E-state index contributed by atoms with van der Waals surface area (Å²) in [5.74, 6) is 0.193. The number of fused-ring (bicyclic) bond motifs is 3. The average molecular weight is 554 g/mol. The number of carbonyl (C=O) groups is 1. The van der Waals surface area contributed by atoms with Crippen LogP contribution in [0.5, 0.6) is 0 Å². The van der Waals surface area contributed by atoms with Gasteiger partial charge in [0.2, 0.25) is 0 Å². The largest absolute Gasteiger partial charge is 0.481 e. The number of aliphatic carboxylic acids is 1. The van der Waals surface area contributed by atoms with Gasteiger partial charge in [0, 0.05) is 11.3 Å². The van der Waals surface area contributed by atoms with Crippen LogP contribution in [0.15, 0.2) is 0 Å². The Hall–Kier alpha value is -0.850. The van der Waals surface area contributed by atoms with E-state index in [0.717, 1.165) is 57.8 Å². The highest BCUT2D eigenvalue weighted by molar-refractivity contribution is 5.67. The quantitative estimate of drug-likeness (QED) is 0.273. The molecule has 0 aromatic carbocycles. The second kappa shape index (κ2) is 9.87. The number of hydrogen-bond donors (Lipinski definition) is 6. The van der Waals surface area contributed by atoms with E-state index in [1.54, 1.807) is 0 Å². The molecular formula is C29H47NO9. The van der Waals surface area contributed by atoms with Crippen molar-refractivity contribution in [3.63, 3.8) is 0 Å². The van der Waals surface area contributed by atoms with Crippen molar-refractivity contribution in [2.45, 2.75) is 127 Å². The normalized spacial score (nSPS) is 56.8. The molecule has 6 fully saturated rings. The fourth-order valence-corrected chi connectivity index (χ4v) is 10.7. The fourth-order valence-electron chi connectivity index (χ4n) is 10.7. The summed E-state index contributed by atoms with van der Waals surface area (Å²) in [5, 5.41) is 50.9. The van der Waals surface area contributed by atoms with Crippen molar-refractivity contribution in [2.75, 3.05) is 6.61 Å². The predicted molar refractivity (Wildman–Crippen MR) is 138 cm³/mol. The van der Waals surface area contributed by atoms with Crippen molar-refractivity contribution in [1.29, 1.82) is 0 Å². The van der Waals surface area contributed by atoms with Crippen molar-refractivity contribution in [3.05, 3.63) is 0 Å². The summed E-state index contributed by atoms with van der Waals surface area (Å²) in [6, 6.07) is -0.947. The van der Waals surface area contributed by atoms with E-state index in [4.69, 9.17) is 19.9 Å². The first kappa shape index (κ1) is 28.3. The molecule has 0 unspecified atom stereocenters. The fraction of sp³-hybridized carbons (Fsp3) is 0.966. The van der Waals surface area contributed by atoms with Crippen LogP contribution in [-0.4, -0.2) is 86.7 Å². The third kappa shape index (κ3) is 4.07. The van der Waals surface area contributed by atoms with E-state index in [9.17, 15) is 30.3 Å². The van der Waals surface area contributed by atoms with E-state index in [1.807, 2.05) is 0 Å². The van der Waals surface area contributed by atoms with Gasteiger partial charge in [0.25, 0.3) is 0 Å². The molecule has 0 amide bonds. The van der Waals surface area contributed by atoms with E-state index >= 15 is 0 Å². The Morgan fingerprint density at radius 2 is 1.72 bits per heavy atom. The molecule has 2 bridgehead atoms. The Labute approximate surface area is 230 Å². The molecule has 0 aromatic rings. The number of aliphatic hydroxyl groups excluding tert-OH is 4. The van der Waals surface area contributed by atoms with Gasteiger partial charge in [-0.15, -0.1) is 0 Å². The van der Waals surface area contributed by atoms with Crippen LogP contribution in [0, 0.1) is 40.4 Å². The number of nitrogens with two attached hydrogens (primary N) is 1. The van der Waals surface area contributed by atoms with E-state index in [1.165, 1.54) is 0 Å². The number of hydrogen-bond acceptors (Lipinski definition) is 9. The lowest BCUT2D eigenvalue weighted by Crippen LogP contribution is -2.67. The molecule has 6 aliphatic rings. The lowest BCUT2D eigenvalue weighted by atomic mass is 9.42. The van der Waals surface area contributed by atoms with Gasteiger partial charge in [0.15, 0.2) is 12.6 Å². The van der Waals surface area contributed by atoms with E-state index in [-0.39, 0.29) is 35.2 Å². The van der Waals surface area contributed by atoms with Crippen molar-refractivity contribution >= 4 is 5.97 Å². The number of carboxylic acids is 1. The predicted octanol–water partition coefficient (Wildman–Crippen LogP) is 1.36. The highest BCUT2D eigenvalue weighted by Gasteiger charge is 2.72. The van der Waals surface area contributed by atoms with Gasteiger partial charge in [-0.25, -0.2) is 0 Å². The smallest absolute Gasteiger partial charge is 0.303 e. The molecule has 10 heteroatoms. The van der Waals surface area contributed by atoms with Gasteiger partial charge < -0.3 is 45.5 Å². The standard InChI is InChI=1S/C29H47NO9/c1-27-8-5-15(37-26-24(35)22(30)23(34)20(13-31)38-26)11-14(27)3-4-19-18(27)6-9-28(2)17-7-10-29(19,28)39-25(36)16(17)12-21(32)33/h14-20,22-26,31,34-36H,3-13,30H2,1-2H3,(H,32,33)/t14-,15+,16+,17-,18+,19-,20-,22-,23-,24-,25-,26-,27+,28-,29+/m1/s1. The third-order valence-electron chi connectivity index (χ3n) is 12.7. The molecule has 0 aromatic heterocycles. The Kier molecular flexibility index (Phi) is 7.15. The number of rotatable bonds is 5. The molecule has 15 atom stereocenters. The zero-order valence-electron chi connectivity index (χ0n) is 23.2. The van der Waals surface area contributed by atoms with Gasteiger partial charge in [-0.1, -0.05) is 13.8 Å². The molecule has 6 rings (SSSR count). The number of ether oxygens (including phenoxy) is 3. The molecule has 4 aliphatic carbocycles. The van der Waals surface area contributed by atoms with Gasteiger partial charge in [-0.05, 0) is 86.9 Å². The van der Waals surface area contributed by atoms with Crippen LogP contribution in [0.4, 0.5) is 0 Å². The monoisotopic (exact) mass is 553 g/mol. The first-order valence-corrected chi connectivity index (χ1v) is 15.1. The molecule has 39 heavy (non-hydrogen) atoms. The highest BCUT2D eigenvalue weighted by atomic mass is 16.7. The van der Waals surface area contributed by atoms with Crippen molar-refractivity contribution in [3.8, 4) is 0 Å². The third-order valence-corrected chi connectivity index (χ3v) is 12.7. The van der Waals surface area contributed by atoms with Gasteiger partial charge in [0.1, 0.15) is 18.3 Å². The first-order valence-electron chi connectivity index (χ1n) is 15.1. The SMILES string of the molecule is C[C@]12CC[C@H](O[C@@H]3O[C@H](CO)[C@@H](O)[C@@H](N)[C@H]3O)C[C@H]1CC[C@@H]1[C@@H]2CC[C@]2(C)[C@@H]3CC[C@]12O[C@@H](O)[C@H]3CC(=O)O. The molecule has 0 radical (unpaired) electrons. The van der Waals surface area contributed by atoms with Crippen LogP contribution in [-0.2, 0) is 19.0 Å². The van der Waals surface area contributed by atoms with Gasteiger partial charge in [-0.3, -0.25) is 4.79 Å². The number of carboxylic acid groups (broad SMARTS) is 1. The minimum atomic E-state index is -1.17. The van der Waals surface area contributed by atoms with Crippen molar-refractivity contribution in [1.82, 2.24) is 0 Å². The molecule has 222 valence electrons. The highest BCUT2D eigenvalue weighted by Crippen LogP contribution is 2.73. The van der Waals surface area contributed by atoms with E-state index in [2.05, 4.69) is 13.8 Å². The average Bonchev–Trinajstić information content (AvgIpc) is 3.10. The maximum absolute atomic E-state index is 11.6. The van der Waals surface area contributed by atoms with Crippen LogP contribution < -0.4 is 5.73 Å². The molecular weight excluding hydrogens is 506 g/mol. The van der Waals surface area contributed by atoms with Crippen LogP contribution in [0.3, 0.4) is 0 Å². The van der Waals surface area contributed by atoms with Crippen LogP contribution >= 0.6 is 0 Å². The minimum absolute atomic E-state index is 0.0465. The van der Waals surface area contributed by atoms with Gasteiger partial charge >= 0.3 is 5.97 Å². The zero-order chi connectivity index (χ0) is 27.9. The summed E-state index contributed by atoms with van der Waals surface area (Å²) < 4.78 is 18.6. The summed E-state index contributed by atoms with van der Waals surface area (Å²) in [6.07, 6.45) is 3.23. The lowest BCUT2D eigenvalue weighted by molar-refractivity contribution is -0.334.